The predicted molar refractivity (Wildman–Crippen MR) is 100 cm³/mol. The number of aliphatic hydroxyl groups excluding tert-OH is 1. The zero-order valence-electron chi connectivity index (χ0n) is 15.5. The molecule has 0 amide bonds. The van der Waals surface area contributed by atoms with Gasteiger partial charge in [0, 0.05) is 24.2 Å². The van der Waals surface area contributed by atoms with Crippen LogP contribution >= 0.6 is 0 Å². The van der Waals surface area contributed by atoms with E-state index in [2.05, 4.69) is 16.0 Å². The van der Waals surface area contributed by atoms with Crippen molar-refractivity contribution in [2.75, 3.05) is 20.2 Å². The van der Waals surface area contributed by atoms with Gasteiger partial charge in [0.05, 0.1) is 30.7 Å². The van der Waals surface area contributed by atoms with E-state index in [9.17, 15) is 15.0 Å². The number of piperidine rings is 1. The highest BCUT2D eigenvalue weighted by Crippen LogP contribution is 2.49. The van der Waals surface area contributed by atoms with Gasteiger partial charge in [-0.05, 0) is 49.1 Å². The number of nitrogens with zero attached hydrogens (tertiary/aromatic N) is 1. The molecule has 5 rings (SSSR count). The van der Waals surface area contributed by atoms with Gasteiger partial charge in [0.1, 0.15) is 5.75 Å². The molecule has 3 heterocycles. The van der Waals surface area contributed by atoms with Crippen molar-refractivity contribution in [1.82, 2.24) is 9.88 Å². The Kier molecular flexibility index (Phi) is 3.95. The van der Waals surface area contributed by atoms with Crippen LogP contribution in [0.1, 0.15) is 36.6 Å². The molecular formula is C21H26N2O4. The topological polar surface area (TPSA) is 85.8 Å². The van der Waals surface area contributed by atoms with Crippen LogP contribution in [0.2, 0.25) is 0 Å². The summed E-state index contributed by atoms with van der Waals surface area (Å²) >= 11 is 0. The molecule has 0 bridgehead atoms. The van der Waals surface area contributed by atoms with Crippen molar-refractivity contribution >= 4 is 16.9 Å². The molecule has 1 saturated heterocycles. The molecule has 1 saturated carbocycles. The second-order valence-electron chi connectivity index (χ2n) is 8.33. The number of phenols is 1. The second-order valence-corrected chi connectivity index (χ2v) is 8.33. The molecule has 6 heteroatoms. The summed E-state index contributed by atoms with van der Waals surface area (Å²) in [4.78, 5) is 18.4. The first-order chi connectivity index (χ1) is 13.1. The third-order valence-corrected chi connectivity index (χ3v) is 7.13. The number of aromatic hydroxyl groups is 1. The van der Waals surface area contributed by atoms with Crippen LogP contribution in [0.25, 0.3) is 10.9 Å². The van der Waals surface area contributed by atoms with E-state index < -0.39 is 12.0 Å². The van der Waals surface area contributed by atoms with Gasteiger partial charge in [-0.15, -0.1) is 0 Å². The highest BCUT2D eigenvalue weighted by Gasteiger charge is 2.49. The van der Waals surface area contributed by atoms with Gasteiger partial charge >= 0.3 is 5.97 Å². The van der Waals surface area contributed by atoms with Crippen LogP contribution < -0.4 is 0 Å². The number of para-hydroxylation sites is 1. The van der Waals surface area contributed by atoms with Gasteiger partial charge in [0.25, 0.3) is 0 Å². The van der Waals surface area contributed by atoms with E-state index in [1.54, 1.807) is 6.07 Å². The zero-order chi connectivity index (χ0) is 18.7. The number of nitrogens with one attached hydrogen (secondary N) is 1. The minimum absolute atomic E-state index is 0.133. The van der Waals surface area contributed by atoms with Gasteiger partial charge in [0.15, 0.2) is 0 Å². The maximum atomic E-state index is 12.4. The lowest BCUT2D eigenvalue weighted by Crippen LogP contribution is -2.53. The lowest BCUT2D eigenvalue weighted by atomic mass is 9.65. The summed E-state index contributed by atoms with van der Waals surface area (Å²) < 4.78 is 5.02. The standard InChI is InChI=1S/C21H26N2O4/c1-27-21(26)18-14-9-15-19-13(12-3-2-4-17(25)20(12)22-19)7-8-23(15)10-11(14)5-6-16(18)24/h2-4,11,14-16,18,22,24-25H,5-10H2,1H3/t11-,14-,15-,16-,18+/m0/s1. The molecule has 2 fully saturated rings. The van der Waals surface area contributed by atoms with Gasteiger partial charge in [-0.2, -0.15) is 0 Å². The van der Waals surface area contributed by atoms with E-state index in [0.29, 0.717) is 12.3 Å². The number of rotatable bonds is 1. The van der Waals surface area contributed by atoms with Crippen LogP contribution in [0.3, 0.4) is 0 Å². The average molecular weight is 370 g/mol. The summed E-state index contributed by atoms with van der Waals surface area (Å²) in [6.45, 7) is 1.95. The normalized spacial score (nSPS) is 33.2. The van der Waals surface area contributed by atoms with Gasteiger partial charge in [-0.1, -0.05) is 12.1 Å². The van der Waals surface area contributed by atoms with Gasteiger partial charge < -0.3 is 19.9 Å². The molecule has 1 aromatic carbocycles. The number of methoxy groups -OCH3 is 1. The number of aliphatic hydroxyl groups is 1. The lowest BCUT2D eigenvalue weighted by Gasteiger charge is -2.50. The third kappa shape index (κ3) is 2.50. The summed E-state index contributed by atoms with van der Waals surface area (Å²) in [6.07, 6.45) is 2.83. The van der Waals surface area contributed by atoms with Crippen molar-refractivity contribution < 1.29 is 19.7 Å². The quantitative estimate of drug-likeness (QED) is 0.671. The Morgan fingerprint density at radius 1 is 1.33 bits per heavy atom. The van der Waals surface area contributed by atoms with Gasteiger partial charge in [-0.3, -0.25) is 9.69 Å². The first-order valence-corrected chi connectivity index (χ1v) is 9.91. The van der Waals surface area contributed by atoms with E-state index in [1.165, 1.54) is 18.4 Å². The van der Waals surface area contributed by atoms with Crippen LogP contribution in [-0.2, 0) is 16.0 Å². The van der Waals surface area contributed by atoms with Crippen LogP contribution in [0.5, 0.6) is 5.75 Å². The second kappa shape index (κ2) is 6.24. The van der Waals surface area contributed by atoms with Crippen molar-refractivity contribution in [3.8, 4) is 5.75 Å². The number of benzene rings is 1. The number of aromatic nitrogens is 1. The molecule has 3 aliphatic rings. The molecule has 0 unspecified atom stereocenters. The molecule has 0 spiro atoms. The Labute approximate surface area is 158 Å². The van der Waals surface area contributed by atoms with E-state index in [-0.39, 0.29) is 23.7 Å². The summed E-state index contributed by atoms with van der Waals surface area (Å²) in [7, 11) is 1.41. The Morgan fingerprint density at radius 2 is 2.19 bits per heavy atom. The summed E-state index contributed by atoms with van der Waals surface area (Å²) in [5, 5.41) is 21.8. The van der Waals surface area contributed by atoms with Gasteiger partial charge in [0.2, 0.25) is 0 Å². The Bertz CT molecular complexity index is 892. The lowest BCUT2D eigenvalue weighted by molar-refractivity contribution is -0.160. The number of phenolic OH excluding ortho intramolecular Hbond substituents is 1. The average Bonchev–Trinajstić information content (AvgIpc) is 3.06. The number of ether oxygens (including phenoxy) is 1. The molecular weight excluding hydrogens is 344 g/mol. The minimum Gasteiger partial charge on any atom is -0.506 e. The molecule has 5 atom stereocenters. The minimum atomic E-state index is -0.611. The SMILES string of the molecule is COC(=O)[C@@H]1[C@H]2C[C@H]3c4[nH]c5c(O)cccc5c4CCN3C[C@@H]2CC[C@@H]1O. The Morgan fingerprint density at radius 3 is 3.00 bits per heavy atom. The first kappa shape index (κ1) is 17.1. The molecule has 3 N–H and O–H groups in total. The number of H-pyrrole nitrogens is 1. The fourth-order valence-electron chi connectivity index (χ4n) is 5.86. The fraction of sp³-hybridized carbons (Fsp3) is 0.571. The predicted octanol–water partition coefficient (Wildman–Crippen LogP) is 2.35. The highest BCUT2D eigenvalue weighted by atomic mass is 16.5. The van der Waals surface area contributed by atoms with Crippen molar-refractivity contribution in [1.29, 1.82) is 0 Å². The van der Waals surface area contributed by atoms with Crippen LogP contribution in [0, 0.1) is 17.8 Å². The first-order valence-electron chi connectivity index (χ1n) is 9.91. The van der Waals surface area contributed by atoms with E-state index in [0.717, 1.165) is 43.3 Å². The molecule has 144 valence electrons. The van der Waals surface area contributed by atoms with Crippen LogP contribution in [0.4, 0.5) is 0 Å². The number of fused-ring (bicyclic) bond motifs is 6. The molecule has 27 heavy (non-hydrogen) atoms. The maximum Gasteiger partial charge on any atom is 0.311 e. The number of carbonyl (C=O) groups excluding carboxylic acids is 1. The zero-order valence-corrected chi connectivity index (χ0v) is 15.5. The van der Waals surface area contributed by atoms with Crippen molar-refractivity contribution in [3.63, 3.8) is 0 Å². The summed E-state index contributed by atoms with van der Waals surface area (Å²) in [5.74, 6) is 0.124. The molecule has 2 aromatic rings. The highest BCUT2D eigenvalue weighted by molar-refractivity contribution is 5.89. The van der Waals surface area contributed by atoms with Crippen LogP contribution in [-0.4, -0.2) is 52.4 Å². The molecule has 1 aromatic heterocycles. The number of aromatic amines is 1. The molecule has 1 aliphatic carbocycles. The van der Waals surface area contributed by atoms with Crippen LogP contribution in [0.15, 0.2) is 18.2 Å². The van der Waals surface area contributed by atoms with Crippen molar-refractivity contribution in [3.05, 3.63) is 29.5 Å². The van der Waals surface area contributed by atoms with E-state index in [4.69, 9.17) is 4.74 Å². The van der Waals surface area contributed by atoms with E-state index >= 15 is 0 Å². The largest absolute Gasteiger partial charge is 0.506 e. The van der Waals surface area contributed by atoms with Gasteiger partial charge in [-0.25, -0.2) is 0 Å². The number of hydrogen-bond donors (Lipinski definition) is 3. The van der Waals surface area contributed by atoms with E-state index in [1.807, 2.05) is 6.07 Å². The third-order valence-electron chi connectivity index (χ3n) is 7.13. The van der Waals surface area contributed by atoms with Crippen molar-refractivity contribution in [2.45, 2.75) is 37.8 Å². The summed E-state index contributed by atoms with van der Waals surface area (Å²) in [6, 6.07) is 5.86. The smallest absolute Gasteiger partial charge is 0.311 e. The fourth-order valence-corrected chi connectivity index (χ4v) is 5.86. The number of hydrogen-bond acceptors (Lipinski definition) is 5. The maximum absolute atomic E-state index is 12.4. The monoisotopic (exact) mass is 370 g/mol. The van der Waals surface area contributed by atoms with Crippen molar-refractivity contribution in [2.24, 2.45) is 17.8 Å². The summed E-state index contributed by atoms with van der Waals surface area (Å²) in [5.41, 5.74) is 3.26. The Hall–Kier alpha value is -2.05. The Balaban J connectivity index is 1.54. The molecule has 2 aliphatic heterocycles. The number of esters is 1. The molecule has 6 nitrogen and oxygen atoms in total. The molecule has 0 radical (unpaired) electrons. The number of carbonyl (C=O) groups is 1.